The van der Waals surface area contributed by atoms with E-state index in [1.165, 1.54) is 30.4 Å². The SMILES string of the molecule is CCOC(=O)N1C2CCC(N3CCC4(CC[C@H](NC(=O)N(C)C)c5ccccc54)CC3)CC1CC2. The van der Waals surface area contributed by atoms with Gasteiger partial charge in [0, 0.05) is 32.2 Å². The molecule has 1 aliphatic carbocycles. The number of fused-ring (bicyclic) bond motifs is 4. The van der Waals surface area contributed by atoms with Crippen LogP contribution in [0.15, 0.2) is 24.3 Å². The third kappa shape index (κ3) is 4.64. The molecule has 2 bridgehead atoms. The van der Waals surface area contributed by atoms with Crippen molar-refractivity contribution in [3.63, 3.8) is 0 Å². The Labute approximate surface area is 210 Å². The molecule has 1 aromatic rings. The summed E-state index contributed by atoms with van der Waals surface area (Å²) in [5.41, 5.74) is 2.97. The highest BCUT2D eigenvalue weighted by atomic mass is 16.6. The number of piperidine rings is 1. The van der Waals surface area contributed by atoms with Crippen LogP contribution < -0.4 is 5.32 Å². The Kier molecular flexibility index (Phi) is 6.97. The molecule has 3 unspecified atom stereocenters. The first-order valence-electron chi connectivity index (χ1n) is 13.7. The Morgan fingerprint density at radius 1 is 1.00 bits per heavy atom. The quantitative estimate of drug-likeness (QED) is 0.680. The molecule has 0 aromatic heterocycles. The van der Waals surface area contributed by atoms with Crippen molar-refractivity contribution in [2.24, 2.45) is 0 Å². The number of nitrogens with one attached hydrogen (secondary N) is 1. The lowest BCUT2D eigenvalue weighted by molar-refractivity contribution is 0.0765. The minimum atomic E-state index is -0.104. The van der Waals surface area contributed by atoms with Gasteiger partial charge in [-0.1, -0.05) is 24.3 Å². The summed E-state index contributed by atoms with van der Waals surface area (Å²) in [6, 6.07) is 10.1. The molecule has 3 heterocycles. The van der Waals surface area contributed by atoms with Gasteiger partial charge in [-0.05, 0) is 94.3 Å². The fourth-order valence-electron chi connectivity index (χ4n) is 7.38. The summed E-state index contributed by atoms with van der Waals surface area (Å²) < 4.78 is 5.40. The lowest BCUT2D eigenvalue weighted by atomic mass is 9.63. The third-order valence-corrected chi connectivity index (χ3v) is 9.27. The smallest absolute Gasteiger partial charge is 0.410 e. The summed E-state index contributed by atoms with van der Waals surface area (Å²) in [6.07, 6.45) is 9.96. The van der Waals surface area contributed by atoms with Crippen molar-refractivity contribution in [3.05, 3.63) is 35.4 Å². The van der Waals surface area contributed by atoms with Crippen LogP contribution in [-0.4, -0.2) is 78.7 Å². The molecule has 1 spiro atoms. The van der Waals surface area contributed by atoms with Crippen LogP contribution in [0.1, 0.15) is 81.9 Å². The molecule has 3 fully saturated rings. The van der Waals surface area contributed by atoms with Crippen molar-refractivity contribution >= 4 is 12.1 Å². The molecule has 3 aliphatic heterocycles. The second-order valence-electron chi connectivity index (χ2n) is 11.3. The van der Waals surface area contributed by atoms with Crippen LogP contribution in [0.4, 0.5) is 9.59 Å². The first kappa shape index (κ1) is 24.4. The molecule has 35 heavy (non-hydrogen) atoms. The highest BCUT2D eigenvalue weighted by Crippen LogP contribution is 2.49. The highest BCUT2D eigenvalue weighted by Gasteiger charge is 2.46. The van der Waals surface area contributed by atoms with Crippen LogP contribution in [0.3, 0.4) is 0 Å². The lowest BCUT2D eigenvalue weighted by Crippen LogP contribution is -2.50. The first-order chi connectivity index (χ1) is 16.9. The van der Waals surface area contributed by atoms with E-state index in [1.54, 1.807) is 19.0 Å². The van der Waals surface area contributed by atoms with Crippen LogP contribution in [0, 0.1) is 0 Å². The molecule has 0 radical (unpaired) electrons. The molecule has 1 aromatic carbocycles. The van der Waals surface area contributed by atoms with E-state index in [0.29, 0.717) is 24.7 Å². The van der Waals surface area contributed by atoms with E-state index >= 15 is 0 Å². The summed E-state index contributed by atoms with van der Waals surface area (Å²) >= 11 is 0. The molecule has 0 saturated carbocycles. The van der Waals surface area contributed by atoms with Gasteiger partial charge >= 0.3 is 12.1 Å². The molecule has 192 valence electrons. The summed E-state index contributed by atoms with van der Waals surface area (Å²) in [5, 5.41) is 3.24. The van der Waals surface area contributed by atoms with Gasteiger partial charge in [0.05, 0.1) is 12.6 Å². The topological polar surface area (TPSA) is 65.1 Å². The number of rotatable bonds is 3. The summed E-state index contributed by atoms with van der Waals surface area (Å²) in [7, 11) is 3.60. The molecular formula is C28H42N4O3. The number of hydrogen-bond acceptors (Lipinski definition) is 4. The molecule has 4 aliphatic rings. The summed E-state index contributed by atoms with van der Waals surface area (Å²) in [5.74, 6) is 0. The molecule has 3 amide bonds. The van der Waals surface area contributed by atoms with E-state index < -0.39 is 0 Å². The summed E-state index contributed by atoms with van der Waals surface area (Å²) in [4.78, 5) is 31.4. The number of hydrogen-bond donors (Lipinski definition) is 1. The van der Waals surface area contributed by atoms with Crippen LogP contribution in [0.2, 0.25) is 0 Å². The van der Waals surface area contributed by atoms with Crippen LogP contribution in [0.5, 0.6) is 0 Å². The normalized spacial score (nSPS) is 29.9. The Morgan fingerprint density at radius 3 is 2.40 bits per heavy atom. The van der Waals surface area contributed by atoms with E-state index in [-0.39, 0.29) is 23.6 Å². The molecule has 7 nitrogen and oxygen atoms in total. The minimum absolute atomic E-state index is 0.0184. The number of benzene rings is 1. The maximum absolute atomic E-state index is 12.6. The first-order valence-corrected chi connectivity index (χ1v) is 13.7. The average Bonchev–Trinajstić information content (AvgIpc) is 3.16. The lowest BCUT2D eigenvalue weighted by Gasteiger charge is -2.49. The van der Waals surface area contributed by atoms with Crippen molar-refractivity contribution in [2.75, 3.05) is 33.8 Å². The standard InChI is InChI=1S/C28H42N4O3/c1-4-35-27(34)32-20-9-11-21(19-22(32)12-10-20)31-17-15-28(16-18-31)14-13-25(29-26(33)30(2)3)23-7-5-6-8-24(23)28/h5-8,20-22,25H,4,9-19H2,1-3H3,(H,29,33)/t20?,21?,22?,25-/m0/s1. The predicted octanol–water partition coefficient (Wildman–Crippen LogP) is 4.67. The van der Waals surface area contributed by atoms with Gasteiger partial charge in [0.2, 0.25) is 0 Å². The van der Waals surface area contributed by atoms with Gasteiger partial charge in [0.15, 0.2) is 0 Å². The zero-order valence-electron chi connectivity index (χ0n) is 21.7. The molecule has 4 atom stereocenters. The second-order valence-corrected chi connectivity index (χ2v) is 11.3. The van der Waals surface area contributed by atoms with E-state index in [1.807, 2.05) is 6.92 Å². The molecule has 7 heteroatoms. The van der Waals surface area contributed by atoms with Crippen molar-refractivity contribution in [1.82, 2.24) is 20.0 Å². The minimum Gasteiger partial charge on any atom is -0.450 e. The molecule has 3 saturated heterocycles. The maximum atomic E-state index is 12.6. The van der Waals surface area contributed by atoms with Crippen molar-refractivity contribution in [3.8, 4) is 0 Å². The largest absolute Gasteiger partial charge is 0.450 e. The maximum Gasteiger partial charge on any atom is 0.410 e. The summed E-state index contributed by atoms with van der Waals surface area (Å²) in [6.45, 7) is 4.58. The zero-order valence-corrected chi connectivity index (χ0v) is 21.7. The Bertz CT molecular complexity index is 927. The Balaban J connectivity index is 1.26. The van der Waals surface area contributed by atoms with Crippen molar-refractivity contribution < 1.29 is 14.3 Å². The zero-order chi connectivity index (χ0) is 24.6. The van der Waals surface area contributed by atoms with E-state index in [9.17, 15) is 9.59 Å². The number of likely N-dealkylation sites (tertiary alicyclic amines) is 1. The molecular weight excluding hydrogens is 440 g/mol. The number of ether oxygens (including phenoxy) is 1. The van der Waals surface area contributed by atoms with Crippen molar-refractivity contribution in [2.45, 2.75) is 94.3 Å². The van der Waals surface area contributed by atoms with Gasteiger partial charge in [-0.3, -0.25) is 0 Å². The number of amides is 3. The number of nitrogens with zero attached hydrogens (tertiary/aromatic N) is 3. The predicted molar refractivity (Wildman–Crippen MR) is 136 cm³/mol. The fourth-order valence-corrected chi connectivity index (χ4v) is 7.38. The number of carbonyl (C=O) groups is 2. The molecule has 1 N–H and O–H groups in total. The number of carbonyl (C=O) groups excluding carboxylic acids is 2. The van der Waals surface area contributed by atoms with E-state index in [2.05, 4.69) is 39.4 Å². The Morgan fingerprint density at radius 2 is 1.69 bits per heavy atom. The van der Waals surface area contributed by atoms with Gasteiger partial charge in [-0.25, -0.2) is 9.59 Å². The monoisotopic (exact) mass is 482 g/mol. The van der Waals surface area contributed by atoms with E-state index in [4.69, 9.17) is 4.74 Å². The highest BCUT2D eigenvalue weighted by molar-refractivity contribution is 5.74. The van der Waals surface area contributed by atoms with Crippen molar-refractivity contribution in [1.29, 1.82) is 0 Å². The van der Waals surface area contributed by atoms with Gasteiger partial charge in [0.25, 0.3) is 0 Å². The Hall–Kier alpha value is -2.28. The van der Waals surface area contributed by atoms with E-state index in [0.717, 1.165) is 51.6 Å². The fraction of sp³-hybridized carbons (Fsp3) is 0.714. The van der Waals surface area contributed by atoms with Gasteiger partial charge < -0.3 is 24.8 Å². The van der Waals surface area contributed by atoms with Gasteiger partial charge in [-0.2, -0.15) is 0 Å². The van der Waals surface area contributed by atoms with Crippen LogP contribution in [-0.2, 0) is 10.2 Å². The van der Waals surface area contributed by atoms with Crippen LogP contribution >= 0.6 is 0 Å². The molecule has 5 rings (SSSR count). The van der Waals surface area contributed by atoms with Gasteiger partial charge in [-0.15, -0.1) is 0 Å². The number of urea groups is 1. The van der Waals surface area contributed by atoms with Crippen LogP contribution in [0.25, 0.3) is 0 Å². The third-order valence-electron chi connectivity index (χ3n) is 9.27. The average molecular weight is 483 g/mol. The second kappa shape index (κ2) is 10.00. The van der Waals surface area contributed by atoms with Gasteiger partial charge in [0.1, 0.15) is 0 Å².